The summed E-state index contributed by atoms with van der Waals surface area (Å²) < 4.78 is 34.5. The molecule has 0 spiro atoms. The number of hydrogen-bond donors (Lipinski definition) is 2. The van der Waals surface area contributed by atoms with Crippen LogP contribution in [0.3, 0.4) is 0 Å². The van der Waals surface area contributed by atoms with Crippen LogP contribution >= 0.6 is 0 Å². The van der Waals surface area contributed by atoms with Crippen LogP contribution in [0.4, 0.5) is 0 Å². The average molecular weight is 855 g/mol. The Bertz CT molecular complexity index is 3520. The topological polar surface area (TPSA) is 210 Å². The van der Waals surface area contributed by atoms with Crippen LogP contribution in [0.2, 0.25) is 0 Å². The molecule has 14 nitrogen and oxygen atoms in total. The van der Waals surface area contributed by atoms with Crippen LogP contribution < -0.4 is 30.5 Å². The third-order valence-corrected chi connectivity index (χ3v) is 10.1. The molecule has 0 saturated heterocycles. The summed E-state index contributed by atoms with van der Waals surface area (Å²) in [6.07, 6.45) is 0. The number of fused-ring (bicyclic) bond motifs is 3. The Kier molecular flexibility index (Phi) is 10.7. The Morgan fingerprint density at radius 2 is 0.891 bits per heavy atom. The monoisotopic (exact) mass is 854 g/mol. The van der Waals surface area contributed by atoms with Crippen LogP contribution in [-0.4, -0.2) is 41.3 Å². The molecule has 0 bridgehead atoms. The minimum absolute atomic E-state index is 0.0530. The number of esters is 2. The highest BCUT2D eigenvalue weighted by molar-refractivity contribution is 5.97. The minimum Gasteiger partial charge on any atom is -0.491 e. The Hall–Kier alpha value is -8.88. The van der Waals surface area contributed by atoms with Crippen molar-refractivity contribution in [3.63, 3.8) is 0 Å². The summed E-state index contributed by atoms with van der Waals surface area (Å²) in [5, 5.41) is 18.7. The predicted molar refractivity (Wildman–Crippen MR) is 233 cm³/mol. The summed E-state index contributed by atoms with van der Waals surface area (Å²) in [6, 6.07) is 35.9. The zero-order valence-corrected chi connectivity index (χ0v) is 33.1. The second kappa shape index (κ2) is 16.9. The summed E-state index contributed by atoms with van der Waals surface area (Å²) in [4.78, 5) is 77.0. The lowest BCUT2D eigenvalue weighted by Crippen LogP contribution is -2.10. The third kappa shape index (κ3) is 8.27. The van der Waals surface area contributed by atoms with Crippen LogP contribution in [0.5, 0.6) is 17.2 Å². The van der Waals surface area contributed by atoms with Crippen LogP contribution in [0.25, 0.3) is 66.9 Å². The number of benzene rings is 6. The molecular weight excluding hydrogens is 825 g/mol. The second-order valence-electron chi connectivity index (χ2n) is 14.3. The molecular formula is C50H30O14. The van der Waals surface area contributed by atoms with Crippen molar-refractivity contribution in [1.29, 1.82) is 0 Å². The molecule has 0 radical (unpaired) electrons. The fraction of sp³-hybridized carbons (Fsp3) is 0.0400. The van der Waals surface area contributed by atoms with E-state index in [0.29, 0.717) is 28.2 Å². The lowest BCUT2D eigenvalue weighted by molar-refractivity contribution is 0.0693. The molecule has 0 aliphatic heterocycles. The van der Waals surface area contributed by atoms with Gasteiger partial charge in [-0.2, -0.15) is 0 Å². The van der Waals surface area contributed by atoms with Gasteiger partial charge in [-0.1, -0.05) is 24.3 Å². The van der Waals surface area contributed by atoms with Crippen LogP contribution in [0, 0.1) is 0 Å². The first-order valence-electron chi connectivity index (χ1n) is 19.5. The number of rotatable bonds is 11. The number of carboxylic acids is 1. The van der Waals surface area contributed by atoms with Gasteiger partial charge in [0.1, 0.15) is 57.9 Å². The highest BCUT2D eigenvalue weighted by Crippen LogP contribution is 2.30. The molecule has 0 amide bonds. The molecule has 14 heteroatoms. The number of carbonyl (C=O) groups excluding carboxylic acids is 2. The molecule has 3 aromatic heterocycles. The van der Waals surface area contributed by atoms with Crippen molar-refractivity contribution in [2.45, 2.75) is 0 Å². The van der Waals surface area contributed by atoms with Crippen LogP contribution in [0.15, 0.2) is 173 Å². The first kappa shape index (κ1) is 40.5. The van der Waals surface area contributed by atoms with Gasteiger partial charge in [-0.05, 0) is 103 Å². The Morgan fingerprint density at radius 1 is 0.453 bits per heavy atom. The first-order chi connectivity index (χ1) is 31.0. The Balaban J connectivity index is 0.873. The maximum atomic E-state index is 13.3. The number of carbonyl (C=O) groups is 3. The van der Waals surface area contributed by atoms with Gasteiger partial charge < -0.3 is 37.7 Å². The minimum atomic E-state index is -1.18. The molecule has 0 atom stereocenters. The smallest absolute Gasteiger partial charge is 0.343 e. The molecule has 314 valence electrons. The molecule has 0 saturated carbocycles. The third-order valence-electron chi connectivity index (χ3n) is 10.1. The van der Waals surface area contributed by atoms with Crippen LogP contribution in [-0.2, 0) is 0 Å². The van der Waals surface area contributed by atoms with Gasteiger partial charge in [0.15, 0.2) is 16.3 Å². The first-order valence-corrected chi connectivity index (χ1v) is 19.5. The molecule has 6 aromatic carbocycles. The summed E-state index contributed by atoms with van der Waals surface area (Å²) in [6.45, 7) is -0.0292. The normalized spacial score (nSPS) is 11.1. The van der Waals surface area contributed by atoms with E-state index >= 15 is 0 Å². The van der Waals surface area contributed by atoms with Gasteiger partial charge in [-0.3, -0.25) is 14.4 Å². The van der Waals surface area contributed by atoms with E-state index in [9.17, 15) is 33.9 Å². The zero-order valence-electron chi connectivity index (χ0n) is 33.1. The van der Waals surface area contributed by atoms with E-state index in [4.69, 9.17) is 32.6 Å². The number of hydrogen-bond acceptors (Lipinski definition) is 13. The number of ether oxygens (including phenoxy) is 3. The van der Waals surface area contributed by atoms with E-state index in [1.54, 1.807) is 48.5 Å². The van der Waals surface area contributed by atoms with E-state index in [-0.39, 0.29) is 91.3 Å². The van der Waals surface area contributed by atoms with E-state index in [1.165, 1.54) is 97.1 Å². The highest BCUT2D eigenvalue weighted by atomic mass is 16.5. The van der Waals surface area contributed by atoms with Crippen molar-refractivity contribution in [3.05, 3.63) is 193 Å². The lowest BCUT2D eigenvalue weighted by atomic mass is 10.1. The van der Waals surface area contributed by atoms with E-state index in [1.807, 2.05) is 0 Å². The maximum absolute atomic E-state index is 13.3. The summed E-state index contributed by atoms with van der Waals surface area (Å²) in [7, 11) is 0. The molecule has 64 heavy (non-hydrogen) atoms. The number of aliphatic hydroxyl groups is 1. The molecule has 0 fully saturated rings. The van der Waals surface area contributed by atoms with E-state index in [0.717, 1.165) is 0 Å². The standard InChI is InChI=1S/C50H30O14/c51-17-18-59-34-5-1-3-28(19-34)46-26-41(54)38-22-31(10-16-44(38)64-46)49(57)60-33-12-7-27(8-13-33)45-24-39(52)37-23-32(11-15-43(37)62-45)50(58)61-35-6-2-4-29(20-35)47-25-40(53)36-21-30(48(55)56)9-14-42(36)63-47/h1-16,19-26,51H,17-18H2,(H,55,56). The van der Waals surface area contributed by atoms with Crippen molar-refractivity contribution < 1.29 is 52.1 Å². The predicted octanol–water partition coefficient (Wildman–Crippen LogP) is 8.51. The van der Waals surface area contributed by atoms with Crippen molar-refractivity contribution >= 4 is 50.8 Å². The summed E-state index contributed by atoms with van der Waals surface area (Å²) >= 11 is 0. The van der Waals surface area contributed by atoms with Gasteiger partial charge in [-0.25, -0.2) is 14.4 Å². The Morgan fingerprint density at radius 3 is 1.39 bits per heavy atom. The summed E-state index contributed by atoms with van der Waals surface area (Å²) in [5.41, 5.74) is 1.05. The number of aromatic carboxylic acids is 1. The van der Waals surface area contributed by atoms with Crippen LogP contribution in [0.1, 0.15) is 31.1 Å². The molecule has 0 unspecified atom stereocenters. The maximum Gasteiger partial charge on any atom is 0.343 e. The van der Waals surface area contributed by atoms with Gasteiger partial charge in [0.05, 0.1) is 39.5 Å². The Labute approximate surface area is 359 Å². The molecule has 9 aromatic rings. The van der Waals surface area contributed by atoms with Gasteiger partial charge >= 0.3 is 17.9 Å². The largest absolute Gasteiger partial charge is 0.491 e. The van der Waals surface area contributed by atoms with E-state index < -0.39 is 28.8 Å². The molecule has 3 heterocycles. The van der Waals surface area contributed by atoms with Crippen molar-refractivity contribution in [3.8, 4) is 51.2 Å². The van der Waals surface area contributed by atoms with Gasteiger partial charge in [0, 0.05) is 34.9 Å². The van der Waals surface area contributed by atoms with Crippen molar-refractivity contribution in [2.24, 2.45) is 0 Å². The lowest BCUT2D eigenvalue weighted by Gasteiger charge is -2.09. The average Bonchev–Trinajstić information content (AvgIpc) is 3.30. The SMILES string of the molecule is O=C(O)c1ccc2oc(-c3cccc(OC(=O)c4ccc5oc(-c6ccc(OC(=O)c7ccc8oc(-c9cccc(OCCO)c9)cc(=O)c8c7)cc6)cc(=O)c5c4)c3)cc(=O)c2c1. The zero-order chi connectivity index (χ0) is 44.5. The fourth-order valence-electron chi connectivity index (χ4n) is 6.92. The summed E-state index contributed by atoms with van der Waals surface area (Å²) in [5.74, 6) is -1.15. The quantitative estimate of drug-likeness (QED) is 0.0923. The molecule has 0 aliphatic rings. The van der Waals surface area contributed by atoms with E-state index in [2.05, 4.69) is 0 Å². The molecule has 2 N–H and O–H groups in total. The van der Waals surface area contributed by atoms with Crippen molar-refractivity contribution in [2.75, 3.05) is 13.2 Å². The van der Waals surface area contributed by atoms with Gasteiger partial charge in [-0.15, -0.1) is 0 Å². The van der Waals surface area contributed by atoms with Gasteiger partial charge in [0.2, 0.25) is 0 Å². The number of aliphatic hydroxyl groups excluding tert-OH is 1. The second-order valence-corrected chi connectivity index (χ2v) is 14.3. The van der Waals surface area contributed by atoms with Crippen molar-refractivity contribution in [1.82, 2.24) is 0 Å². The fourth-order valence-corrected chi connectivity index (χ4v) is 6.92. The highest BCUT2D eigenvalue weighted by Gasteiger charge is 2.18. The van der Waals surface area contributed by atoms with Gasteiger partial charge in [0.25, 0.3) is 0 Å². The molecule has 9 rings (SSSR count). The molecule has 0 aliphatic carbocycles. The number of carboxylic acid groups (broad SMARTS) is 1.